The fourth-order valence-corrected chi connectivity index (χ4v) is 2.90. The van der Waals surface area contributed by atoms with Gasteiger partial charge in [0.05, 0.1) is 12.7 Å². The van der Waals surface area contributed by atoms with E-state index in [1.165, 1.54) is 5.56 Å². The first kappa shape index (κ1) is 12.6. The maximum absolute atomic E-state index is 5.45. The Balaban J connectivity index is 2.48. The molecule has 0 saturated heterocycles. The Morgan fingerprint density at radius 3 is 2.65 bits per heavy atom. The van der Waals surface area contributed by atoms with Crippen molar-refractivity contribution in [1.82, 2.24) is 4.98 Å². The van der Waals surface area contributed by atoms with E-state index in [-0.39, 0.29) is 0 Å². The minimum absolute atomic E-state index is 0.501. The summed E-state index contributed by atoms with van der Waals surface area (Å²) in [6.45, 7) is 4.35. The van der Waals surface area contributed by atoms with Gasteiger partial charge in [0, 0.05) is 5.38 Å². The van der Waals surface area contributed by atoms with Gasteiger partial charge in [-0.05, 0) is 39.5 Å². The van der Waals surface area contributed by atoms with Crippen LogP contribution in [-0.2, 0) is 0 Å². The number of benzene rings is 1. The first-order valence-corrected chi connectivity index (χ1v) is 7.08. The lowest BCUT2D eigenvalue weighted by atomic mass is 10.0. The first-order valence-electron chi connectivity index (χ1n) is 5.41. The molecule has 1 aromatic carbocycles. The van der Waals surface area contributed by atoms with E-state index in [2.05, 4.69) is 53.0 Å². The molecule has 0 aliphatic heterocycles. The summed E-state index contributed by atoms with van der Waals surface area (Å²) in [4.78, 5) is 4.42. The Bertz CT molecular complexity index is 522. The number of nitrogens with zero attached hydrogens (tertiary/aromatic N) is 1. The highest BCUT2D eigenvalue weighted by Gasteiger charge is 2.11. The van der Waals surface area contributed by atoms with Gasteiger partial charge < -0.3 is 4.74 Å². The fourth-order valence-electron chi connectivity index (χ4n) is 1.62. The van der Waals surface area contributed by atoms with Crippen LogP contribution in [0.2, 0.25) is 0 Å². The van der Waals surface area contributed by atoms with Crippen molar-refractivity contribution in [2.45, 2.75) is 19.8 Å². The Morgan fingerprint density at radius 1 is 1.35 bits per heavy atom. The van der Waals surface area contributed by atoms with E-state index < -0.39 is 0 Å². The monoisotopic (exact) mass is 311 g/mol. The van der Waals surface area contributed by atoms with E-state index in [1.807, 2.05) is 5.38 Å². The van der Waals surface area contributed by atoms with Crippen molar-refractivity contribution in [3.8, 4) is 16.3 Å². The van der Waals surface area contributed by atoms with Gasteiger partial charge >= 0.3 is 0 Å². The quantitative estimate of drug-likeness (QED) is 0.819. The molecule has 2 aromatic rings. The zero-order valence-corrected chi connectivity index (χ0v) is 12.4. The lowest BCUT2D eigenvalue weighted by molar-refractivity contribution is 0.415. The van der Waals surface area contributed by atoms with E-state index in [1.54, 1.807) is 18.4 Å². The van der Waals surface area contributed by atoms with E-state index in [0.717, 1.165) is 20.9 Å². The highest BCUT2D eigenvalue weighted by Crippen LogP contribution is 2.35. The van der Waals surface area contributed by atoms with Crippen LogP contribution in [-0.4, -0.2) is 12.1 Å². The van der Waals surface area contributed by atoms with Gasteiger partial charge in [0.25, 0.3) is 0 Å². The maximum Gasteiger partial charge on any atom is 0.129 e. The van der Waals surface area contributed by atoms with Crippen molar-refractivity contribution in [2.24, 2.45) is 0 Å². The lowest BCUT2D eigenvalue weighted by Crippen LogP contribution is -1.92. The number of thiazole rings is 1. The van der Waals surface area contributed by atoms with Crippen molar-refractivity contribution in [3.05, 3.63) is 33.7 Å². The third kappa shape index (κ3) is 2.69. The average Bonchev–Trinajstić information content (AvgIpc) is 2.74. The van der Waals surface area contributed by atoms with Gasteiger partial charge in [0.1, 0.15) is 15.4 Å². The van der Waals surface area contributed by atoms with Gasteiger partial charge in [-0.25, -0.2) is 4.98 Å². The van der Waals surface area contributed by atoms with Crippen LogP contribution >= 0.6 is 27.3 Å². The Morgan fingerprint density at radius 2 is 2.12 bits per heavy atom. The molecule has 90 valence electrons. The summed E-state index contributed by atoms with van der Waals surface area (Å²) in [6.07, 6.45) is 0. The van der Waals surface area contributed by atoms with E-state index >= 15 is 0 Å². The summed E-state index contributed by atoms with van der Waals surface area (Å²) in [5.41, 5.74) is 2.33. The molecule has 2 nitrogen and oxygen atoms in total. The number of methoxy groups -OCH3 is 1. The van der Waals surface area contributed by atoms with Crippen LogP contribution in [0.15, 0.2) is 28.2 Å². The molecule has 0 unspecified atom stereocenters. The molecule has 0 aliphatic rings. The van der Waals surface area contributed by atoms with Crippen LogP contribution in [0.3, 0.4) is 0 Å². The molecule has 0 radical (unpaired) electrons. The number of hydrogen-bond donors (Lipinski definition) is 0. The van der Waals surface area contributed by atoms with Crippen molar-refractivity contribution in [1.29, 1.82) is 0 Å². The van der Waals surface area contributed by atoms with Crippen LogP contribution in [0, 0.1) is 0 Å². The van der Waals surface area contributed by atoms with E-state index in [0.29, 0.717) is 5.92 Å². The molecule has 2 rings (SSSR count). The highest BCUT2D eigenvalue weighted by atomic mass is 79.9. The Labute approximate surface area is 114 Å². The van der Waals surface area contributed by atoms with Crippen molar-refractivity contribution in [3.63, 3.8) is 0 Å². The number of rotatable bonds is 3. The van der Waals surface area contributed by atoms with Gasteiger partial charge in [-0.1, -0.05) is 19.9 Å². The predicted octanol–water partition coefficient (Wildman–Crippen LogP) is 4.70. The average molecular weight is 312 g/mol. The van der Waals surface area contributed by atoms with Gasteiger partial charge in [-0.3, -0.25) is 0 Å². The fraction of sp³-hybridized carbons (Fsp3) is 0.308. The van der Waals surface area contributed by atoms with Crippen LogP contribution in [0.4, 0.5) is 0 Å². The molecule has 17 heavy (non-hydrogen) atoms. The largest absolute Gasteiger partial charge is 0.496 e. The van der Waals surface area contributed by atoms with Crippen LogP contribution < -0.4 is 4.74 Å². The number of hydrogen-bond acceptors (Lipinski definition) is 3. The van der Waals surface area contributed by atoms with Crippen LogP contribution in [0.25, 0.3) is 10.6 Å². The zero-order chi connectivity index (χ0) is 12.4. The first-order chi connectivity index (χ1) is 8.11. The number of ether oxygens (including phenoxy) is 1. The Hall–Kier alpha value is -0.870. The second-order valence-electron chi connectivity index (χ2n) is 4.09. The van der Waals surface area contributed by atoms with Crippen molar-refractivity contribution < 1.29 is 4.74 Å². The molecule has 0 atom stereocenters. The van der Waals surface area contributed by atoms with E-state index in [9.17, 15) is 0 Å². The number of halogens is 1. The van der Waals surface area contributed by atoms with E-state index in [4.69, 9.17) is 4.74 Å². The molecular formula is C13H14BrNOS. The Kier molecular flexibility index (Phi) is 3.84. The molecule has 1 aromatic heterocycles. The summed E-state index contributed by atoms with van der Waals surface area (Å²) < 4.78 is 6.32. The third-order valence-corrected chi connectivity index (χ3v) is 4.18. The molecule has 4 heteroatoms. The summed E-state index contributed by atoms with van der Waals surface area (Å²) in [7, 11) is 1.70. The number of aromatic nitrogens is 1. The maximum atomic E-state index is 5.45. The standard InChI is InChI=1S/C13H14BrNOS/c1-8(2)9-4-5-10(11(6-9)16-3)13-15-12(14)7-17-13/h4-8H,1-3H3. The second-order valence-corrected chi connectivity index (χ2v) is 5.76. The van der Waals surface area contributed by atoms with Gasteiger partial charge in [0.2, 0.25) is 0 Å². The van der Waals surface area contributed by atoms with Crippen LogP contribution in [0.1, 0.15) is 25.3 Å². The van der Waals surface area contributed by atoms with Gasteiger partial charge in [0.15, 0.2) is 0 Å². The lowest BCUT2D eigenvalue weighted by Gasteiger charge is -2.11. The molecule has 0 bridgehead atoms. The summed E-state index contributed by atoms with van der Waals surface area (Å²) >= 11 is 4.98. The van der Waals surface area contributed by atoms with Crippen LogP contribution in [0.5, 0.6) is 5.75 Å². The predicted molar refractivity (Wildman–Crippen MR) is 75.9 cm³/mol. The third-order valence-electron chi connectivity index (χ3n) is 2.60. The molecule has 0 amide bonds. The van der Waals surface area contributed by atoms with Crippen molar-refractivity contribution in [2.75, 3.05) is 7.11 Å². The molecule has 0 saturated carbocycles. The topological polar surface area (TPSA) is 22.1 Å². The molecule has 0 N–H and O–H groups in total. The van der Waals surface area contributed by atoms with Crippen molar-refractivity contribution >= 4 is 27.3 Å². The molecule has 0 spiro atoms. The summed E-state index contributed by atoms with van der Waals surface area (Å²) in [5, 5.41) is 2.95. The molecular weight excluding hydrogens is 298 g/mol. The summed E-state index contributed by atoms with van der Waals surface area (Å²) in [6, 6.07) is 6.31. The zero-order valence-electron chi connectivity index (χ0n) is 10.0. The smallest absolute Gasteiger partial charge is 0.129 e. The highest BCUT2D eigenvalue weighted by molar-refractivity contribution is 9.10. The minimum Gasteiger partial charge on any atom is -0.496 e. The molecule has 0 aliphatic carbocycles. The molecule has 1 heterocycles. The normalized spacial score (nSPS) is 10.9. The second kappa shape index (κ2) is 5.19. The van der Waals surface area contributed by atoms with Gasteiger partial charge in [-0.2, -0.15) is 0 Å². The SMILES string of the molecule is COc1cc(C(C)C)ccc1-c1nc(Br)cs1. The molecule has 0 fully saturated rings. The summed E-state index contributed by atoms with van der Waals surface area (Å²) in [5.74, 6) is 1.39. The van der Waals surface area contributed by atoms with Gasteiger partial charge in [-0.15, -0.1) is 11.3 Å². The minimum atomic E-state index is 0.501.